The van der Waals surface area contributed by atoms with Gasteiger partial charge in [0.05, 0.1) is 12.0 Å². The zero-order chi connectivity index (χ0) is 28.2. The van der Waals surface area contributed by atoms with Crippen molar-refractivity contribution in [3.63, 3.8) is 0 Å². The predicted molar refractivity (Wildman–Crippen MR) is 160 cm³/mol. The fourth-order valence-corrected chi connectivity index (χ4v) is 5.75. The summed E-state index contributed by atoms with van der Waals surface area (Å²) in [6.45, 7) is 9.72. The highest BCUT2D eigenvalue weighted by Gasteiger charge is 2.36. The van der Waals surface area contributed by atoms with E-state index in [1.54, 1.807) is 4.90 Å². The summed E-state index contributed by atoms with van der Waals surface area (Å²) in [6.07, 6.45) is 2.08. The zero-order valence-corrected chi connectivity index (χ0v) is 23.9. The molecule has 1 atom stereocenters. The van der Waals surface area contributed by atoms with Crippen molar-refractivity contribution >= 4 is 11.8 Å². The van der Waals surface area contributed by atoms with Crippen LogP contribution in [0.5, 0.6) is 0 Å². The van der Waals surface area contributed by atoms with Gasteiger partial charge in [-0.05, 0) is 54.2 Å². The van der Waals surface area contributed by atoms with Crippen molar-refractivity contribution in [2.75, 3.05) is 13.1 Å². The maximum Gasteiger partial charge on any atom is 0.243 e. The number of amides is 2. The number of carbonyl (C=O) groups excluding carboxylic acids is 2. The van der Waals surface area contributed by atoms with Crippen LogP contribution in [0.1, 0.15) is 73.5 Å². The second-order valence-electron chi connectivity index (χ2n) is 11.3. The second kappa shape index (κ2) is 12.0. The summed E-state index contributed by atoms with van der Waals surface area (Å²) in [5.74, 6) is -0.128. The summed E-state index contributed by atoms with van der Waals surface area (Å²) in [5.41, 5.74) is 5.32. The molecule has 0 saturated carbocycles. The van der Waals surface area contributed by atoms with E-state index in [2.05, 4.69) is 54.9 Å². The number of rotatable bonds is 8. The lowest BCUT2D eigenvalue weighted by molar-refractivity contribution is -0.143. The highest BCUT2D eigenvalue weighted by atomic mass is 16.2. The van der Waals surface area contributed by atoms with Crippen LogP contribution < -0.4 is 0 Å². The van der Waals surface area contributed by atoms with Crippen molar-refractivity contribution in [3.8, 4) is 0 Å². The molecule has 206 valence electrons. The van der Waals surface area contributed by atoms with Crippen LogP contribution in [-0.4, -0.2) is 45.3 Å². The molecule has 2 heterocycles. The van der Waals surface area contributed by atoms with Crippen LogP contribution in [0, 0.1) is 0 Å². The Balaban J connectivity index is 1.46. The fourth-order valence-electron chi connectivity index (χ4n) is 5.75. The summed E-state index contributed by atoms with van der Waals surface area (Å²) in [5, 5.41) is 0. The monoisotopic (exact) mass is 533 g/mol. The van der Waals surface area contributed by atoms with Gasteiger partial charge in [-0.15, -0.1) is 0 Å². The third-order valence-corrected chi connectivity index (χ3v) is 8.00. The number of carbonyl (C=O) groups is 2. The topological polar surface area (TPSA) is 45.6 Å². The van der Waals surface area contributed by atoms with Gasteiger partial charge in [0.15, 0.2) is 0 Å². The Bertz CT molecular complexity index is 1390. The predicted octanol–water partition coefficient (Wildman–Crippen LogP) is 6.61. The van der Waals surface area contributed by atoms with Gasteiger partial charge in [-0.25, -0.2) is 0 Å². The first kappa shape index (κ1) is 27.4. The first-order valence-electron chi connectivity index (χ1n) is 14.3. The molecule has 4 aromatic rings. The zero-order valence-electron chi connectivity index (χ0n) is 23.9. The Hall–Kier alpha value is -4.12. The summed E-state index contributed by atoms with van der Waals surface area (Å²) in [4.78, 5) is 32.1. The molecule has 0 spiro atoms. The maximum absolute atomic E-state index is 14.3. The molecule has 0 fully saturated rings. The molecule has 0 unspecified atom stereocenters. The lowest BCUT2D eigenvalue weighted by Crippen LogP contribution is -2.50. The van der Waals surface area contributed by atoms with Crippen molar-refractivity contribution in [1.29, 1.82) is 0 Å². The third kappa shape index (κ3) is 5.60. The van der Waals surface area contributed by atoms with Gasteiger partial charge in [-0.3, -0.25) is 9.59 Å². The molecule has 2 amide bonds. The van der Waals surface area contributed by atoms with Crippen LogP contribution in [0.15, 0.2) is 103 Å². The van der Waals surface area contributed by atoms with Crippen LogP contribution in [-0.2, 0) is 16.1 Å². The normalized spacial score (nSPS) is 15.0. The van der Waals surface area contributed by atoms with Crippen LogP contribution in [0.25, 0.3) is 0 Å². The van der Waals surface area contributed by atoms with Gasteiger partial charge in [0, 0.05) is 31.0 Å². The summed E-state index contributed by atoms with van der Waals surface area (Å²) < 4.78 is 2.23. The van der Waals surface area contributed by atoms with Crippen molar-refractivity contribution in [2.45, 2.75) is 58.2 Å². The van der Waals surface area contributed by atoms with Gasteiger partial charge in [-0.1, -0.05) is 98.8 Å². The number of aromatic nitrogens is 1. The van der Waals surface area contributed by atoms with E-state index in [-0.39, 0.29) is 30.4 Å². The molecule has 0 saturated heterocycles. The maximum atomic E-state index is 14.3. The average Bonchev–Trinajstić information content (AvgIpc) is 3.45. The first-order chi connectivity index (χ1) is 19.3. The average molecular weight is 534 g/mol. The van der Waals surface area contributed by atoms with E-state index in [1.165, 1.54) is 5.56 Å². The van der Waals surface area contributed by atoms with Gasteiger partial charge in [-0.2, -0.15) is 0 Å². The molecule has 1 aliphatic rings. The van der Waals surface area contributed by atoms with Crippen LogP contribution in [0.3, 0.4) is 0 Å². The fraction of sp³-hybridized carbons (Fsp3) is 0.314. The Morgan fingerprint density at radius 3 is 1.90 bits per heavy atom. The highest BCUT2D eigenvalue weighted by molar-refractivity contribution is 5.91. The van der Waals surface area contributed by atoms with Gasteiger partial charge in [0.1, 0.15) is 6.54 Å². The molecule has 1 aliphatic heterocycles. The van der Waals surface area contributed by atoms with Crippen LogP contribution in [0.4, 0.5) is 0 Å². The molecule has 5 nitrogen and oxygen atoms in total. The molecule has 5 rings (SSSR count). The van der Waals surface area contributed by atoms with Gasteiger partial charge in [0.2, 0.25) is 11.8 Å². The Kier molecular flexibility index (Phi) is 8.20. The smallest absolute Gasteiger partial charge is 0.243 e. The summed E-state index contributed by atoms with van der Waals surface area (Å²) in [7, 11) is 0. The number of nitrogens with zero attached hydrogens (tertiary/aromatic N) is 3. The van der Waals surface area contributed by atoms with Crippen LogP contribution >= 0.6 is 0 Å². The molecule has 5 heteroatoms. The third-order valence-electron chi connectivity index (χ3n) is 8.00. The minimum Gasteiger partial charge on any atom is -0.348 e. The van der Waals surface area contributed by atoms with Crippen molar-refractivity contribution in [3.05, 3.63) is 131 Å². The number of hydrogen-bond acceptors (Lipinski definition) is 2. The number of hydrogen-bond donors (Lipinski definition) is 0. The van der Waals surface area contributed by atoms with E-state index in [0.29, 0.717) is 12.5 Å². The molecule has 0 radical (unpaired) electrons. The van der Waals surface area contributed by atoms with Crippen molar-refractivity contribution in [1.82, 2.24) is 14.4 Å². The molecule has 0 aliphatic carbocycles. The SMILES string of the molecule is CC(C)c1ccc([C@H]2c3cccn3CCN2C(=O)CN(C(=O)C(c2ccccc2)c2ccccc2)C(C)C)cc1. The van der Waals surface area contributed by atoms with E-state index in [0.717, 1.165) is 28.9 Å². The molecule has 0 N–H and O–H groups in total. The first-order valence-corrected chi connectivity index (χ1v) is 14.3. The molecule has 3 aromatic carbocycles. The van der Waals surface area contributed by atoms with Gasteiger partial charge in [0.25, 0.3) is 0 Å². The molecule has 40 heavy (non-hydrogen) atoms. The van der Waals surface area contributed by atoms with E-state index in [1.807, 2.05) is 85.5 Å². The highest BCUT2D eigenvalue weighted by Crippen LogP contribution is 2.34. The Morgan fingerprint density at radius 2 is 1.35 bits per heavy atom. The largest absolute Gasteiger partial charge is 0.348 e. The van der Waals surface area contributed by atoms with Crippen molar-refractivity contribution in [2.24, 2.45) is 0 Å². The molecule has 1 aromatic heterocycles. The minimum atomic E-state index is -0.476. The van der Waals surface area contributed by atoms with E-state index in [4.69, 9.17) is 0 Å². The second-order valence-corrected chi connectivity index (χ2v) is 11.3. The minimum absolute atomic E-state index is 0.0349. The van der Waals surface area contributed by atoms with Crippen molar-refractivity contribution < 1.29 is 9.59 Å². The summed E-state index contributed by atoms with van der Waals surface area (Å²) in [6, 6.07) is 32.2. The molecular formula is C35H39N3O2. The van der Waals surface area contributed by atoms with Gasteiger partial charge >= 0.3 is 0 Å². The summed E-state index contributed by atoms with van der Waals surface area (Å²) >= 11 is 0. The van der Waals surface area contributed by atoms with E-state index < -0.39 is 5.92 Å². The Labute approximate surface area is 238 Å². The van der Waals surface area contributed by atoms with Crippen LogP contribution in [0.2, 0.25) is 0 Å². The lowest BCUT2D eigenvalue weighted by Gasteiger charge is -2.39. The lowest BCUT2D eigenvalue weighted by atomic mass is 9.89. The molecule has 0 bridgehead atoms. The quantitative estimate of drug-likeness (QED) is 0.256. The Morgan fingerprint density at radius 1 is 0.750 bits per heavy atom. The van der Waals surface area contributed by atoms with E-state index >= 15 is 0 Å². The standard InChI is InChI=1S/C35H39N3O2/c1-25(2)27-17-19-30(20-18-27)34-31-16-11-21-36(31)22-23-37(34)32(39)24-38(26(3)4)35(40)33(28-12-7-5-8-13-28)29-14-9-6-10-15-29/h5-21,25-26,33-34H,22-24H2,1-4H3/t34-/m0/s1. The van der Waals surface area contributed by atoms with Gasteiger partial charge < -0.3 is 14.4 Å². The van der Waals surface area contributed by atoms with E-state index in [9.17, 15) is 9.59 Å². The number of benzene rings is 3. The molecular weight excluding hydrogens is 494 g/mol. The number of fused-ring (bicyclic) bond motifs is 1.